The number of rotatable bonds is 8. The smallest absolute Gasteiger partial charge is 0.214 e. The third-order valence-electron chi connectivity index (χ3n) is 4.52. The van der Waals surface area contributed by atoms with E-state index in [-0.39, 0.29) is 12.3 Å². The zero-order chi connectivity index (χ0) is 17.7. The number of aromatic nitrogens is 2. The molecule has 0 amide bonds. The Kier molecular flexibility index (Phi) is 6.45. The molecule has 1 saturated heterocycles. The first kappa shape index (κ1) is 18.8. The lowest BCUT2D eigenvalue weighted by atomic mass is 10.2. The molecule has 1 atom stereocenters. The van der Waals surface area contributed by atoms with Crippen molar-refractivity contribution < 1.29 is 17.9 Å². The Hall–Kier alpha value is -1.00. The zero-order valence-corrected chi connectivity index (χ0v) is 15.6. The standard InChI is InChI=1S/C16H28N4O4S/c1-2-3-4-19-5-6-20-15(11-19)9-14(18-20)10-17-25(21,22)13-16-12-23-7-8-24-16/h9,16-17H,2-8,10-13H2,1H3/t16-/m0/s1. The van der Waals surface area contributed by atoms with E-state index in [4.69, 9.17) is 9.47 Å². The normalized spacial score (nSPS) is 22.0. The third-order valence-corrected chi connectivity index (χ3v) is 5.91. The quantitative estimate of drug-likeness (QED) is 0.708. The van der Waals surface area contributed by atoms with E-state index in [1.165, 1.54) is 12.8 Å². The Morgan fingerprint density at radius 1 is 1.36 bits per heavy atom. The maximum Gasteiger partial charge on any atom is 0.214 e. The van der Waals surface area contributed by atoms with Gasteiger partial charge in [-0.2, -0.15) is 5.10 Å². The highest BCUT2D eigenvalue weighted by Crippen LogP contribution is 2.14. The third kappa shape index (κ3) is 5.49. The predicted octanol–water partition coefficient (Wildman–Crippen LogP) is 0.334. The Morgan fingerprint density at radius 2 is 2.24 bits per heavy atom. The minimum atomic E-state index is -3.42. The lowest BCUT2D eigenvalue weighted by Gasteiger charge is -2.27. The van der Waals surface area contributed by atoms with Gasteiger partial charge in [-0.25, -0.2) is 13.1 Å². The molecule has 0 saturated carbocycles. The summed E-state index contributed by atoms with van der Waals surface area (Å²) in [6, 6.07) is 2.00. The number of nitrogens with zero attached hydrogens (tertiary/aromatic N) is 3. The van der Waals surface area contributed by atoms with E-state index >= 15 is 0 Å². The summed E-state index contributed by atoms with van der Waals surface area (Å²) < 4.78 is 39.7. The van der Waals surface area contributed by atoms with E-state index in [9.17, 15) is 8.42 Å². The Labute approximate surface area is 149 Å². The number of fused-ring (bicyclic) bond motifs is 1. The van der Waals surface area contributed by atoms with Crippen molar-refractivity contribution in [3.05, 3.63) is 17.5 Å². The van der Waals surface area contributed by atoms with Gasteiger partial charge in [0.25, 0.3) is 0 Å². The monoisotopic (exact) mass is 372 g/mol. The van der Waals surface area contributed by atoms with Crippen LogP contribution in [0.5, 0.6) is 0 Å². The van der Waals surface area contributed by atoms with Gasteiger partial charge in [-0.3, -0.25) is 9.58 Å². The van der Waals surface area contributed by atoms with Crippen molar-refractivity contribution in [3.8, 4) is 0 Å². The minimum absolute atomic E-state index is 0.0780. The molecule has 0 radical (unpaired) electrons. The van der Waals surface area contributed by atoms with Gasteiger partial charge in [0.2, 0.25) is 10.0 Å². The largest absolute Gasteiger partial charge is 0.376 e. The number of nitrogens with one attached hydrogen (secondary N) is 1. The van der Waals surface area contributed by atoms with E-state index in [1.54, 1.807) is 0 Å². The lowest BCUT2D eigenvalue weighted by molar-refractivity contribution is -0.0783. The molecule has 0 unspecified atom stereocenters. The van der Waals surface area contributed by atoms with Crippen LogP contribution in [0.15, 0.2) is 6.07 Å². The second-order valence-corrected chi connectivity index (χ2v) is 8.50. The van der Waals surface area contributed by atoms with E-state index in [1.807, 2.05) is 10.7 Å². The fourth-order valence-electron chi connectivity index (χ4n) is 3.16. The SMILES string of the molecule is CCCCN1CCn2nc(CNS(=O)(=O)C[C@@H]3COCCO3)cc2C1. The molecule has 3 heterocycles. The summed E-state index contributed by atoms with van der Waals surface area (Å²) in [5, 5.41) is 4.52. The molecule has 142 valence electrons. The molecule has 3 rings (SSSR count). The van der Waals surface area contributed by atoms with Gasteiger partial charge in [0.05, 0.1) is 56.2 Å². The summed E-state index contributed by atoms with van der Waals surface area (Å²) in [6.07, 6.45) is 2.00. The van der Waals surface area contributed by atoms with E-state index in [2.05, 4.69) is 21.6 Å². The summed E-state index contributed by atoms with van der Waals surface area (Å²) in [4.78, 5) is 2.43. The molecule has 0 aromatic carbocycles. The van der Waals surface area contributed by atoms with Gasteiger partial charge in [-0.15, -0.1) is 0 Å². The van der Waals surface area contributed by atoms with Crippen LogP contribution in [-0.2, 0) is 39.1 Å². The summed E-state index contributed by atoms with van der Waals surface area (Å²) in [5.74, 6) is -0.0780. The molecule has 8 nitrogen and oxygen atoms in total. The number of hydrogen-bond donors (Lipinski definition) is 1. The van der Waals surface area contributed by atoms with Crippen LogP contribution in [0.1, 0.15) is 31.2 Å². The highest BCUT2D eigenvalue weighted by atomic mass is 32.2. The molecule has 1 aromatic rings. The first-order valence-corrected chi connectivity index (χ1v) is 10.7. The maximum absolute atomic E-state index is 12.2. The van der Waals surface area contributed by atoms with Gasteiger partial charge in [0.15, 0.2) is 0 Å². The second-order valence-electron chi connectivity index (χ2n) is 6.65. The van der Waals surface area contributed by atoms with E-state index in [0.29, 0.717) is 19.8 Å². The van der Waals surface area contributed by atoms with Gasteiger partial charge in [-0.05, 0) is 19.0 Å². The molecule has 2 aliphatic rings. The molecule has 0 spiro atoms. The Morgan fingerprint density at radius 3 is 3.00 bits per heavy atom. The van der Waals surface area contributed by atoms with Crippen LogP contribution in [0.25, 0.3) is 0 Å². The molecule has 2 aliphatic heterocycles. The summed E-state index contributed by atoms with van der Waals surface area (Å²) in [7, 11) is -3.42. The van der Waals surface area contributed by atoms with Crippen molar-refractivity contribution in [2.75, 3.05) is 38.7 Å². The van der Waals surface area contributed by atoms with Crippen LogP contribution in [0, 0.1) is 0 Å². The van der Waals surface area contributed by atoms with Crippen LogP contribution >= 0.6 is 0 Å². The molecule has 9 heteroatoms. The number of hydrogen-bond acceptors (Lipinski definition) is 6. The summed E-state index contributed by atoms with van der Waals surface area (Å²) in [5.41, 5.74) is 1.91. The second kappa shape index (κ2) is 8.59. The van der Waals surface area contributed by atoms with Gasteiger partial charge >= 0.3 is 0 Å². The number of ether oxygens (including phenoxy) is 2. The first-order chi connectivity index (χ1) is 12.1. The van der Waals surface area contributed by atoms with Crippen molar-refractivity contribution in [2.45, 2.75) is 45.5 Å². The van der Waals surface area contributed by atoms with Crippen molar-refractivity contribution in [2.24, 2.45) is 0 Å². The molecular weight excluding hydrogens is 344 g/mol. The van der Waals surface area contributed by atoms with Crippen LogP contribution < -0.4 is 4.72 Å². The van der Waals surface area contributed by atoms with Gasteiger partial charge < -0.3 is 9.47 Å². The van der Waals surface area contributed by atoms with Crippen LogP contribution in [-0.4, -0.2) is 67.9 Å². The molecular formula is C16H28N4O4S. The highest BCUT2D eigenvalue weighted by molar-refractivity contribution is 7.89. The highest BCUT2D eigenvalue weighted by Gasteiger charge is 2.23. The summed E-state index contributed by atoms with van der Waals surface area (Å²) in [6.45, 7) is 7.56. The number of unbranched alkanes of at least 4 members (excludes halogenated alkanes) is 1. The lowest BCUT2D eigenvalue weighted by Crippen LogP contribution is -2.38. The van der Waals surface area contributed by atoms with Gasteiger partial charge in [-0.1, -0.05) is 13.3 Å². The molecule has 1 aromatic heterocycles. The van der Waals surface area contributed by atoms with Crippen LogP contribution in [0.2, 0.25) is 0 Å². The Bertz CT molecular complexity index is 655. The number of sulfonamides is 1. The molecule has 0 aliphatic carbocycles. The van der Waals surface area contributed by atoms with E-state index in [0.717, 1.165) is 37.6 Å². The van der Waals surface area contributed by atoms with Crippen molar-refractivity contribution in [1.29, 1.82) is 0 Å². The molecule has 1 N–H and O–H groups in total. The first-order valence-electron chi connectivity index (χ1n) is 9.00. The van der Waals surface area contributed by atoms with Gasteiger partial charge in [0, 0.05) is 13.1 Å². The Balaban J connectivity index is 1.51. The maximum atomic E-state index is 12.2. The molecule has 1 fully saturated rings. The fraction of sp³-hybridized carbons (Fsp3) is 0.812. The molecule has 25 heavy (non-hydrogen) atoms. The van der Waals surface area contributed by atoms with Crippen LogP contribution in [0.4, 0.5) is 0 Å². The minimum Gasteiger partial charge on any atom is -0.376 e. The average Bonchev–Trinajstić information content (AvgIpc) is 3.01. The predicted molar refractivity (Wildman–Crippen MR) is 93.6 cm³/mol. The van der Waals surface area contributed by atoms with Crippen molar-refractivity contribution in [3.63, 3.8) is 0 Å². The fourth-order valence-corrected chi connectivity index (χ4v) is 4.33. The summed E-state index contributed by atoms with van der Waals surface area (Å²) >= 11 is 0. The van der Waals surface area contributed by atoms with Crippen molar-refractivity contribution >= 4 is 10.0 Å². The van der Waals surface area contributed by atoms with E-state index < -0.39 is 16.1 Å². The topological polar surface area (TPSA) is 85.7 Å². The van der Waals surface area contributed by atoms with Crippen molar-refractivity contribution in [1.82, 2.24) is 19.4 Å². The van der Waals surface area contributed by atoms with Gasteiger partial charge in [0.1, 0.15) is 0 Å². The average molecular weight is 372 g/mol. The zero-order valence-electron chi connectivity index (χ0n) is 14.8. The van der Waals surface area contributed by atoms with Crippen LogP contribution in [0.3, 0.4) is 0 Å². The molecule has 0 bridgehead atoms.